The topological polar surface area (TPSA) is 66.7 Å². The van der Waals surface area contributed by atoms with Crippen LogP contribution in [0.5, 0.6) is 0 Å². The maximum absolute atomic E-state index is 12.9. The van der Waals surface area contributed by atoms with Gasteiger partial charge in [-0.05, 0) is 43.2 Å². The molecule has 1 saturated heterocycles. The normalized spacial score (nSPS) is 14.6. The van der Waals surface area contributed by atoms with Gasteiger partial charge < -0.3 is 14.2 Å². The van der Waals surface area contributed by atoms with Gasteiger partial charge in [0.1, 0.15) is 5.58 Å². The summed E-state index contributed by atoms with van der Waals surface area (Å²) >= 11 is 1.69. The second-order valence-corrected chi connectivity index (χ2v) is 8.61. The first-order valence-electron chi connectivity index (χ1n) is 9.95. The summed E-state index contributed by atoms with van der Waals surface area (Å²) in [7, 11) is 0. The molecule has 0 spiro atoms. The summed E-state index contributed by atoms with van der Waals surface area (Å²) in [4.78, 5) is 34.1. The van der Waals surface area contributed by atoms with Gasteiger partial charge in [0, 0.05) is 32.2 Å². The van der Waals surface area contributed by atoms with E-state index in [4.69, 9.17) is 9.40 Å². The average Bonchev–Trinajstić information content (AvgIpc) is 3.21. The van der Waals surface area contributed by atoms with Crippen LogP contribution in [0.25, 0.3) is 21.2 Å². The van der Waals surface area contributed by atoms with Crippen LogP contribution in [-0.2, 0) is 0 Å². The summed E-state index contributed by atoms with van der Waals surface area (Å²) in [5.74, 6) is -0.147. The van der Waals surface area contributed by atoms with Crippen molar-refractivity contribution in [2.24, 2.45) is 0 Å². The molecule has 2 aromatic heterocycles. The molecule has 0 unspecified atom stereocenters. The second kappa shape index (κ2) is 7.25. The van der Waals surface area contributed by atoms with Gasteiger partial charge in [0.05, 0.1) is 15.6 Å². The lowest BCUT2D eigenvalue weighted by Crippen LogP contribution is -2.48. The van der Waals surface area contributed by atoms with E-state index in [1.807, 2.05) is 0 Å². The molecule has 5 rings (SSSR count). The molecule has 3 heterocycles. The first-order valence-corrected chi connectivity index (χ1v) is 10.8. The Hall–Kier alpha value is -3.19. The number of anilines is 1. The van der Waals surface area contributed by atoms with Crippen LogP contribution in [0.4, 0.5) is 5.13 Å². The zero-order valence-corrected chi connectivity index (χ0v) is 17.7. The Morgan fingerprint density at radius 3 is 2.63 bits per heavy atom. The number of aryl methyl sites for hydroxylation is 2. The average molecular weight is 420 g/mol. The second-order valence-electron chi connectivity index (χ2n) is 7.60. The van der Waals surface area contributed by atoms with Crippen molar-refractivity contribution in [1.29, 1.82) is 0 Å². The highest BCUT2D eigenvalue weighted by molar-refractivity contribution is 7.22. The number of hydrogen-bond acceptors (Lipinski definition) is 6. The molecule has 30 heavy (non-hydrogen) atoms. The van der Waals surface area contributed by atoms with Gasteiger partial charge in [-0.3, -0.25) is 9.59 Å². The summed E-state index contributed by atoms with van der Waals surface area (Å²) in [6.45, 7) is 6.72. The third-order valence-corrected chi connectivity index (χ3v) is 6.84. The van der Waals surface area contributed by atoms with Gasteiger partial charge in [-0.25, -0.2) is 4.98 Å². The van der Waals surface area contributed by atoms with Crippen LogP contribution in [0.2, 0.25) is 0 Å². The number of thiazole rings is 1. The Labute approximate surface area is 177 Å². The summed E-state index contributed by atoms with van der Waals surface area (Å²) < 4.78 is 6.90. The molecule has 0 bridgehead atoms. The summed E-state index contributed by atoms with van der Waals surface area (Å²) in [5, 5.41) is 1.48. The van der Waals surface area contributed by atoms with Crippen LogP contribution >= 0.6 is 11.3 Å². The molecule has 152 valence electrons. The number of fused-ring (bicyclic) bond motifs is 2. The lowest BCUT2D eigenvalue weighted by atomic mass is 10.1. The van der Waals surface area contributed by atoms with E-state index in [-0.39, 0.29) is 17.1 Å². The number of benzene rings is 2. The number of carbonyl (C=O) groups is 1. The van der Waals surface area contributed by atoms with Gasteiger partial charge in [0.2, 0.25) is 0 Å². The van der Waals surface area contributed by atoms with Crippen molar-refractivity contribution in [2.45, 2.75) is 13.8 Å². The Morgan fingerprint density at radius 2 is 1.83 bits per heavy atom. The summed E-state index contributed by atoms with van der Waals surface area (Å²) in [6.07, 6.45) is 0. The number of hydrogen-bond donors (Lipinski definition) is 0. The van der Waals surface area contributed by atoms with Crippen molar-refractivity contribution in [3.8, 4) is 0 Å². The van der Waals surface area contributed by atoms with Crippen molar-refractivity contribution in [2.75, 3.05) is 31.1 Å². The van der Waals surface area contributed by atoms with E-state index in [1.165, 1.54) is 21.9 Å². The number of nitrogens with zero attached hydrogens (tertiary/aromatic N) is 3. The first-order chi connectivity index (χ1) is 14.5. The molecule has 0 aliphatic carbocycles. The zero-order valence-electron chi connectivity index (χ0n) is 16.8. The molecule has 0 radical (unpaired) electrons. The molecule has 1 aliphatic heterocycles. The van der Waals surface area contributed by atoms with Crippen LogP contribution in [-0.4, -0.2) is 42.0 Å². The van der Waals surface area contributed by atoms with Gasteiger partial charge >= 0.3 is 0 Å². The van der Waals surface area contributed by atoms with Gasteiger partial charge in [-0.15, -0.1) is 0 Å². The lowest BCUT2D eigenvalue weighted by molar-refractivity contribution is 0.0715. The minimum absolute atomic E-state index is 0.0956. The molecule has 2 aromatic carbocycles. The monoisotopic (exact) mass is 419 g/mol. The number of aromatic nitrogens is 1. The third kappa shape index (κ3) is 3.15. The summed E-state index contributed by atoms with van der Waals surface area (Å²) in [6, 6.07) is 12.5. The molecular formula is C23H21N3O3S. The highest BCUT2D eigenvalue weighted by Gasteiger charge is 2.26. The highest BCUT2D eigenvalue weighted by atomic mass is 32.1. The molecule has 1 amide bonds. The van der Waals surface area contributed by atoms with Gasteiger partial charge in [0.15, 0.2) is 16.3 Å². The third-order valence-electron chi connectivity index (χ3n) is 5.76. The van der Waals surface area contributed by atoms with E-state index in [0.717, 1.165) is 10.6 Å². The quantitative estimate of drug-likeness (QED) is 0.492. The number of amides is 1. The molecule has 0 atom stereocenters. The number of piperazine rings is 1. The fraction of sp³-hybridized carbons (Fsp3) is 0.261. The van der Waals surface area contributed by atoms with E-state index in [0.29, 0.717) is 37.1 Å². The van der Waals surface area contributed by atoms with Crippen LogP contribution < -0.4 is 10.3 Å². The molecule has 4 aromatic rings. The minimum atomic E-state index is -0.242. The Kier molecular flexibility index (Phi) is 4.55. The van der Waals surface area contributed by atoms with Crippen LogP contribution in [0.3, 0.4) is 0 Å². The molecule has 0 saturated carbocycles. The zero-order chi connectivity index (χ0) is 20.8. The SMILES string of the molecule is Cc1ccc2sc(N3CCN(C(=O)c4cc(=O)c5ccccc5o4)CC3)nc2c1C. The minimum Gasteiger partial charge on any atom is -0.451 e. The maximum atomic E-state index is 12.9. The molecular weight excluding hydrogens is 398 g/mol. The van der Waals surface area contributed by atoms with Crippen molar-refractivity contribution < 1.29 is 9.21 Å². The number of rotatable bonds is 2. The Balaban J connectivity index is 1.34. The molecule has 1 fully saturated rings. The Morgan fingerprint density at radius 1 is 1.07 bits per heavy atom. The Bertz CT molecular complexity index is 1330. The van der Waals surface area contributed by atoms with Gasteiger partial charge in [-0.2, -0.15) is 0 Å². The maximum Gasteiger partial charge on any atom is 0.289 e. The molecule has 7 heteroatoms. The lowest BCUT2D eigenvalue weighted by Gasteiger charge is -2.34. The van der Waals surface area contributed by atoms with E-state index in [2.05, 4.69) is 30.9 Å². The largest absolute Gasteiger partial charge is 0.451 e. The molecule has 6 nitrogen and oxygen atoms in total. The van der Waals surface area contributed by atoms with Gasteiger partial charge in [0.25, 0.3) is 5.91 Å². The van der Waals surface area contributed by atoms with E-state index < -0.39 is 0 Å². The fourth-order valence-corrected chi connectivity index (χ4v) is 4.89. The fourth-order valence-electron chi connectivity index (χ4n) is 3.82. The van der Waals surface area contributed by atoms with Crippen molar-refractivity contribution in [3.05, 3.63) is 69.6 Å². The van der Waals surface area contributed by atoms with Crippen molar-refractivity contribution >= 4 is 43.6 Å². The number of carbonyl (C=O) groups excluding carboxylic acids is 1. The van der Waals surface area contributed by atoms with Gasteiger partial charge in [-0.1, -0.05) is 29.5 Å². The predicted molar refractivity (Wildman–Crippen MR) is 120 cm³/mol. The highest BCUT2D eigenvalue weighted by Crippen LogP contribution is 2.32. The summed E-state index contributed by atoms with van der Waals surface area (Å²) in [5.41, 5.74) is 3.76. The predicted octanol–water partition coefficient (Wildman–Crippen LogP) is 3.98. The molecule has 1 aliphatic rings. The van der Waals surface area contributed by atoms with Crippen LogP contribution in [0.1, 0.15) is 21.7 Å². The van der Waals surface area contributed by atoms with Crippen LogP contribution in [0.15, 0.2) is 51.7 Å². The standard InChI is InChI=1S/C23H21N3O3S/c1-14-7-8-20-21(15(14)2)24-23(30-20)26-11-9-25(10-12-26)22(28)19-13-17(27)16-5-3-4-6-18(16)29-19/h3-8,13H,9-12H2,1-2H3. The molecule has 0 N–H and O–H groups in total. The van der Waals surface area contributed by atoms with Crippen molar-refractivity contribution in [3.63, 3.8) is 0 Å². The van der Waals surface area contributed by atoms with Crippen molar-refractivity contribution in [1.82, 2.24) is 9.88 Å². The van der Waals surface area contributed by atoms with E-state index in [9.17, 15) is 9.59 Å². The number of para-hydroxylation sites is 1. The van der Waals surface area contributed by atoms with E-state index in [1.54, 1.807) is 40.5 Å². The first kappa shape index (κ1) is 18.8. The van der Waals surface area contributed by atoms with Crippen LogP contribution in [0, 0.1) is 13.8 Å². The van der Waals surface area contributed by atoms with E-state index >= 15 is 0 Å². The smallest absolute Gasteiger partial charge is 0.289 e.